The Hall–Kier alpha value is -5.00. The summed E-state index contributed by atoms with van der Waals surface area (Å²) in [6.07, 6.45) is 4.64. The average Bonchev–Trinajstić information content (AvgIpc) is 3.98. The first-order valence-corrected chi connectivity index (χ1v) is 18.8. The van der Waals surface area contributed by atoms with Crippen LogP contribution >= 0.6 is 0 Å². The molecule has 3 aromatic rings. The third kappa shape index (κ3) is 8.37. The summed E-state index contributed by atoms with van der Waals surface area (Å²) in [6, 6.07) is 12.8. The normalized spacial score (nSPS) is 16.1. The summed E-state index contributed by atoms with van der Waals surface area (Å²) in [4.78, 5) is 26.2. The molecule has 1 fully saturated rings. The molecular weight excluding hydrogens is 727 g/mol. The van der Waals surface area contributed by atoms with E-state index in [-0.39, 0.29) is 47.4 Å². The lowest BCUT2D eigenvalue weighted by atomic mass is 9.84. The molecule has 2 aliphatic carbocycles. The molecule has 1 N–H and O–H groups in total. The number of ether oxygens (including phenoxy) is 1. The van der Waals surface area contributed by atoms with E-state index in [1.807, 2.05) is 39.0 Å². The lowest BCUT2D eigenvalue weighted by molar-refractivity contribution is -0.134. The van der Waals surface area contributed by atoms with Gasteiger partial charge in [0.2, 0.25) is 15.9 Å². The largest absolute Gasteiger partial charge is 0.496 e. The highest BCUT2D eigenvalue weighted by molar-refractivity contribution is 7.89. The topological polar surface area (TPSA) is 128 Å². The van der Waals surface area contributed by atoms with Gasteiger partial charge in [0.25, 0.3) is 0 Å². The summed E-state index contributed by atoms with van der Waals surface area (Å²) in [5.74, 6) is -9.95. The Morgan fingerprint density at radius 2 is 1.69 bits per heavy atom. The van der Waals surface area contributed by atoms with Crippen molar-refractivity contribution < 1.29 is 45.4 Å². The fraction of sp³-hybridized carbons (Fsp3) is 0.375. The van der Waals surface area contributed by atoms with Crippen LogP contribution in [0.15, 0.2) is 70.8 Å². The molecule has 1 atom stereocenters. The van der Waals surface area contributed by atoms with Crippen LogP contribution in [0, 0.1) is 41.5 Å². The van der Waals surface area contributed by atoms with Crippen LogP contribution in [-0.4, -0.2) is 53.8 Å². The van der Waals surface area contributed by atoms with Crippen molar-refractivity contribution in [3.8, 4) is 6.07 Å². The number of nitriles is 1. The van der Waals surface area contributed by atoms with E-state index in [1.54, 1.807) is 6.92 Å². The number of halogens is 4. The van der Waals surface area contributed by atoms with Gasteiger partial charge < -0.3 is 14.7 Å². The van der Waals surface area contributed by atoms with Crippen LogP contribution < -0.4 is 0 Å². The quantitative estimate of drug-likeness (QED) is 0.108. The predicted molar refractivity (Wildman–Crippen MR) is 191 cm³/mol. The number of carbonyl (C=O) groups is 2. The monoisotopic (exact) mass is 767 g/mol. The Kier molecular flexibility index (Phi) is 11.7. The smallest absolute Gasteiger partial charge is 0.335 e. The number of carboxylic acids is 1. The SMILES string of the molecule is CCOC1=CC(C(=O)O)=CCC1N(Cc1cc(C2CC2)cc(C(C)(C)C)c1)C(=O)CN(Cc1ccccc1C#N)S(=O)(=O)c1c(F)c(C)c(F)c(F)c1F. The molecule has 286 valence electrons. The van der Waals surface area contributed by atoms with E-state index >= 15 is 8.78 Å². The van der Waals surface area contributed by atoms with E-state index in [2.05, 4.69) is 6.07 Å². The van der Waals surface area contributed by atoms with Gasteiger partial charge in [-0.3, -0.25) is 4.79 Å². The number of sulfonamides is 1. The Balaban J connectivity index is 1.66. The molecule has 0 radical (unpaired) electrons. The van der Waals surface area contributed by atoms with Gasteiger partial charge in [0.1, 0.15) is 5.76 Å². The molecule has 1 amide bonds. The van der Waals surface area contributed by atoms with Crippen molar-refractivity contribution >= 4 is 21.9 Å². The summed E-state index contributed by atoms with van der Waals surface area (Å²) in [5, 5.41) is 19.5. The second-order valence-corrected chi connectivity index (χ2v) is 16.3. The zero-order valence-electron chi connectivity index (χ0n) is 30.6. The molecule has 3 aromatic carbocycles. The van der Waals surface area contributed by atoms with Crippen molar-refractivity contribution in [3.63, 3.8) is 0 Å². The van der Waals surface area contributed by atoms with Crippen molar-refractivity contribution in [2.24, 2.45) is 0 Å². The number of carboxylic acid groups (broad SMARTS) is 1. The van der Waals surface area contributed by atoms with Gasteiger partial charge in [0.05, 0.1) is 36.4 Å². The highest BCUT2D eigenvalue weighted by Crippen LogP contribution is 2.42. The lowest BCUT2D eigenvalue weighted by Gasteiger charge is -2.36. The van der Waals surface area contributed by atoms with Gasteiger partial charge in [-0.15, -0.1) is 0 Å². The van der Waals surface area contributed by atoms with E-state index in [4.69, 9.17) is 4.74 Å². The Morgan fingerprint density at radius 1 is 1.00 bits per heavy atom. The number of hydrogen-bond donors (Lipinski definition) is 1. The second-order valence-electron chi connectivity index (χ2n) is 14.5. The maximum atomic E-state index is 15.5. The molecule has 1 unspecified atom stereocenters. The van der Waals surface area contributed by atoms with Crippen molar-refractivity contribution in [1.82, 2.24) is 9.21 Å². The van der Waals surface area contributed by atoms with Crippen LogP contribution in [0.25, 0.3) is 0 Å². The van der Waals surface area contributed by atoms with E-state index in [0.717, 1.165) is 30.9 Å². The molecule has 14 heteroatoms. The molecule has 0 spiro atoms. The summed E-state index contributed by atoms with van der Waals surface area (Å²) in [6.45, 7) is 6.72. The first-order valence-electron chi connectivity index (χ1n) is 17.4. The number of hydrogen-bond acceptors (Lipinski definition) is 6. The van der Waals surface area contributed by atoms with Crippen molar-refractivity contribution in [2.45, 2.75) is 89.2 Å². The number of amides is 1. The third-order valence-corrected chi connectivity index (χ3v) is 11.4. The van der Waals surface area contributed by atoms with E-state index in [9.17, 15) is 37.2 Å². The van der Waals surface area contributed by atoms with Crippen molar-refractivity contribution in [3.05, 3.63) is 123 Å². The predicted octanol–water partition coefficient (Wildman–Crippen LogP) is 7.52. The van der Waals surface area contributed by atoms with Crippen LogP contribution in [0.1, 0.15) is 86.3 Å². The van der Waals surface area contributed by atoms with Gasteiger partial charge in [-0.2, -0.15) is 9.57 Å². The van der Waals surface area contributed by atoms with Crippen LogP contribution in [0.4, 0.5) is 17.6 Å². The number of nitrogens with zero attached hydrogens (tertiary/aromatic N) is 3. The Labute approximate surface area is 312 Å². The third-order valence-electron chi connectivity index (χ3n) is 9.56. The van der Waals surface area contributed by atoms with Crippen LogP contribution in [0.2, 0.25) is 0 Å². The average molecular weight is 768 g/mol. The zero-order chi connectivity index (χ0) is 39.7. The molecule has 0 saturated heterocycles. The first kappa shape index (κ1) is 40.2. The molecule has 9 nitrogen and oxygen atoms in total. The molecule has 0 aromatic heterocycles. The fourth-order valence-corrected chi connectivity index (χ4v) is 7.91. The molecule has 0 aliphatic heterocycles. The minimum absolute atomic E-state index is 0.00352. The minimum atomic E-state index is -5.47. The molecule has 5 rings (SSSR count). The maximum absolute atomic E-state index is 15.5. The van der Waals surface area contributed by atoms with Crippen LogP contribution in [0.3, 0.4) is 0 Å². The molecule has 54 heavy (non-hydrogen) atoms. The Bertz CT molecular complexity index is 2170. The van der Waals surface area contributed by atoms with Gasteiger partial charge in [-0.25, -0.2) is 30.8 Å². The molecule has 2 aliphatic rings. The molecule has 0 bridgehead atoms. The highest BCUT2D eigenvalue weighted by atomic mass is 32.2. The van der Waals surface area contributed by atoms with E-state index in [0.29, 0.717) is 15.8 Å². The number of rotatable bonds is 13. The molecule has 1 saturated carbocycles. The van der Waals surface area contributed by atoms with Crippen molar-refractivity contribution in [1.29, 1.82) is 5.26 Å². The van der Waals surface area contributed by atoms with Crippen LogP contribution in [0.5, 0.6) is 0 Å². The molecule has 0 heterocycles. The lowest BCUT2D eigenvalue weighted by Crippen LogP contribution is -2.48. The number of benzene rings is 3. The fourth-order valence-electron chi connectivity index (χ4n) is 6.37. The summed E-state index contributed by atoms with van der Waals surface area (Å²) >= 11 is 0. The first-order chi connectivity index (χ1) is 25.4. The van der Waals surface area contributed by atoms with E-state index < -0.39 is 74.8 Å². The molecular formula is C40H41F4N3O6S. The second kappa shape index (κ2) is 15.8. The van der Waals surface area contributed by atoms with Gasteiger partial charge in [-0.1, -0.05) is 63.2 Å². The maximum Gasteiger partial charge on any atom is 0.335 e. The summed E-state index contributed by atoms with van der Waals surface area (Å²) in [5.41, 5.74) is 1.36. The number of aliphatic carboxylic acids is 1. The summed E-state index contributed by atoms with van der Waals surface area (Å²) < 4.78 is 94.6. The van der Waals surface area contributed by atoms with Gasteiger partial charge in [-0.05, 0) is 78.8 Å². The minimum Gasteiger partial charge on any atom is -0.496 e. The highest BCUT2D eigenvalue weighted by Gasteiger charge is 2.39. The van der Waals surface area contributed by atoms with Gasteiger partial charge in [0.15, 0.2) is 28.2 Å². The van der Waals surface area contributed by atoms with Crippen LogP contribution in [-0.2, 0) is 42.9 Å². The zero-order valence-corrected chi connectivity index (χ0v) is 31.4. The standard InChI is InChI=1S/C40H41F4N3O6S/c1-6-53-32-18-26(39(49)50)13-14-31(32)47(20-24-15-29(25-11-12-25)17-30(16-24)40(3,4)5)33(48)22-46(21-28-10-8-7-9-27(28)19-45)54(51,52)38-35(42)23(2)34(41)36(43)37(38)44/h7-10,13,15-18,25,31H,6,11-12,14,20-22H2,1-5H3,(H,49,50). The van der Waals surface area contributed by atoms with E-state index in [1.165, 1.54) is 41.3 Å². The number of carbonyl (C=O) groups excluding carboxylic acids is 1. The van der Waals surface area contributed by atoms with Gasteiger partial charge >= 0.3 is 5.97 Å². The Morgan fingerprint density at radius 3 is 2.30 bits per heavy atom. The van der Waals surface area contributed by atoms with Gasteiger partial charge in [0, 0.05) is 18.7 Å². The van der Waals surface area contributed by atoms with Crippen molar-refractivity contribution in [2.75, 3.05) is 13.2 Å². The summed E-state index contributed by atoms with van der Waals surface area (Å²) in [7, 11) is -5.47.